The van der Waals surface area contributed by atoms with E-state index in [2.05, 4.69) is 66.6 Å². The van der Waals surface area contributed by atoms with E-state index in [1.807, 2.05) is 18.2 Å². The van der Waals surface area contributed by atoms with Gasteiger partial charge in [0.1, 0.15) is 0 Å². The van der Waals surface area contributed by atoms with Crippen LogP contribution in [-0.4, -0.2) is 0 Å². The summed E-state index contributed by atoms with van der Waals surface area (Å²) in [4.78, 5) is 1.47. The molecule has 1 atom stereocenters. The van der Waals surface area contributed by atoms with Gasteiger partial charge >= 0.3 is 0 Å². The monoisotopic (exact) mass is 490 g/mol. The first-order valence-electron chi connectivity index (χ1n) is 4.42. The second-order valence-electron chi connectivity index (χ2n) is 3.17. The lowest BCUT2D eigenvalue weighted by Gasteiger charge is -2.10. The Labute approximate surface area is 134 Å². The highest BCUT2D eigenvalue weighted by Gasteiger charge is 2.15. The van der Waals surface area contributed by atoms with E-state index >= 15 is 0 Å². The molecule has 0 aliphatic heterocycles. The van der Waals surface area contributed by atoms with Gasteiger partial charge < -0.3 is 0 Å². The molecule has 0 bridgehead atoms. The Morgan fingerprint density at radius 2 is 2.00 bits per heavy atom. The number of hydrogen-bond acceptors (Lipinski definition) is 1. The minimum absolute atomic E-state index is 0.203. The normalized spacial score (nSPS) is 12.8. The van der Waals surface area contributed by atoms with E-state index in [9.17, 15) is 0 Å². The SMILES string of the molecule is Clc1ccc(I)c(C(Br)c2ccc(Br)s2)c1. The summed E-state index contributed by atoms with van der Waals surface area (Å²) in [5.74, 6) is 0. The van der Waals surface area contributed by atoms with Gasteiger partial charge in [0.2, 0.25) is 0 Å². The van der Waals surface area contributed by atoms with Crippen LogP contribution in [0.3, 0.4) is 0 Å². The smallest absolute Gasteiger partial charge is 0.0749 e. The van der Waals surface area contributed by atoms with E-state index in [1.54, 1.807) is 11.3 Å². The van der Waals surface area contributed by atoms with E-state index in [4.69, 9.17) is 11.6 Å². The lowest BCUT2D eigenvalue weighted by Crippen LogP contribution is -1.93. The minimum atomic E-state index is 0.203. The summed E-state index contributed by atoms with van der Waals surface area (Å²) < 4.78 is 2.36. The highest BCUT2D eigenvalue weighted by molar-refractivity contribution is 14.1. The third kappa shape index (κ3) is 3.02. The lowest BCUT2D eigenvalue weighted by atomic mass is 10.1. The molecule has 0 fully saturated rings. The second-order valence-corrected chi connectivity index (χ2v) is 8.18. The molecule has 1 unspecified atom stereocenters. The zero-order valence-electron chi connectivity index (χ0n) is 7.88. The highest BCUT2D eigenvalue weighted by atomic mass is 127. The molecule has 0 radical (unpaired) electrons. The summed E-state index contributed by atoms with van der Waals surface area (Å²) >= 11 is 17.3. The molecule has 84 valence electrons. The van der Waals surface area contributed by atoms with Crippen LogP contribution in [0.1, 0.15) is 15.3 Å². The number of rotatable bonds is 2. The average molecular weight is 492 g/mol. The molecule has 0 saturated carbocycles. The van der Waals surface area contributed by atoms with E-state index in [-0.39, 0.29) is 4.83 Å². The van der Waals surface area contributed by atoms with Crippen LogP contribution in [0.2, 0.25) is 5.02 Å². The lowest BCUT2D eigenvalue weighted by molar-refractivity contribution is 1.21. The van der Waals surface area contributed by atoms with Gasteiger partial charge in [0.25, 0.3) is 0 Å². The Kier molecular flexibility index (Phi) is 4.74. The van der Waals surface area contributed by atoms with E-state index in [1.165, 1.54) is 14.0 Å². The van der Waals surface area contributed by atoms with Crippen molar-refractivity contribution in [3.63, 3.8) is 0 Å². The Morgan fingerprint density at radius 3 is 2.62 bits per heavy atom. The molecule has 0 amide bonds. The fourth-order valence-electron chi connectivity index (χ4n) is 1.33. The first-order chi connectivity index (χ1) is 7.58. The maximum atomic E-state index is 6.02. The van der Waals surface area contributed by atoms with Crippen molar-refractivity contribution >= 4 is 77.4 Å². The summed E-state index contributed by atoms with van der Waals surface area (Å²) in [6.45, 7) is 0. The minimum Gasteiger partial charge on any atom is -0.132 e. The number of thiophene rings is 1. The molecule has 0 aliphatic rings. The van der Waals surface area contributed by atoms with E-state index in [0.717, 1.165) is 8.81 Å². The maximum absolute atomic E-state index is 6.02. The van der Waals surface area contributed by atoms with Crippen LogP contribution in [0, 0.1) is 3.57 Å². The number of alkyl halides is 1. The van der Waals surface area contributed by atoms with Crippen molar-refractivity contribution in [3.8, 4) is 0 Å². The predicted octanol–water partition coefficient (Wildman–Crippen LogP) is 6.25. The number of hydrogen-bond donors (Lipinski definition) is 0. The molecule has 0 nitrogen and oxygen atoms in total. The van der Waals surface area contributed by atoms with Gasteiger partial charge in [-0.15, -0.1) is 11.3 Å². The molecule has 2 rings (SSSR count). The molecule has 2 aromatic rings. The molecular weight excluding hydrogens is 486 g/mol. The summed E-state index contributed by atoms with van der Waals surface area (Å²) in [5, 5.41) is 0.774. The summed E-state index contributed by atoms with van der Waals surface area (Å²) in [6, 6.07) is 10.1. The summed E-state index contributed by atoms with van der Waals surface area (Å²) in [6.07, 6.45) is 0. The van der Waals surface area contributed by atoms with Crippen molar-refractivity contribution in [1.82, 2.24) is 0 Å². The molecule has 0 saturated heterocycles. The van der Waals surface area contributed by atoms with Crippen molar-refractivity contribution in [2.24, 2.45) is 0 Å². The number of halogens is 4. The summed E-state index contributed by atoms with van der Waals surface area (Å²) in [5.41, 5.74) is 1.21. The fourth-order valence-corrected chi connectivity index (χ4v) is 4.81. The van der Waals surface area contributed by atoms with Crippen LogP contribution >= 0.6 is 77.4 Å². The van der Waals surface area contributed by atoms with Gasteiger partial charge in [-0.25, -0.2) is 0 Å². The maximum Gasteiger partial charge on any atom is 0.0749 e. The van der Waals surface area contributed by atoms with Gasteiger partial charge in [0.15, 0.2) is 0 Å². The van der Waals surface area contributed by atoms with Gasteiger partial charge in [-0.3, -0.25) is 0 Å². The topological polar surface area (TPSA) is 0 Å². The molecule has 16 heavy (non-hydrogen) atoms. The fraction of sp³-hybridized carbons (Fsp3) is 0.0909. The predicted molar refractivity (Wildman–Crippen MR) is 87.0 cm³/mol. The van der Waals surface area contributed by atoms with Crippen LogP contribution in [0.15, 0.2) is 34.1 Å². The Balaban J connectivity index is 2.40. The molecule has 0 aliphatic carbocycles. The quantitative estimate of drug-likeness (QED) is 0.343. The molecule has 0 N–H and O–H groups in total. The Morgan fingerprint density at radius 1 is 1.25 bits per heavy atom. The van der Waals surface area contributed by atoms with Crippen LogP contribution < -0.4 is 0 Å². The molecule has 1 heterocycles. The van der Waals surface area contributed by atoms with Gasteiger partial charge in [-0.05, 0) is 74.4 Å². The Bertz CT molecular complexity index is 512. The van der Waals surface area contributed by atoms with Crippen LogP contribution in [0.4, 0.5) is 0 Å². The zero-order valence-corrected chi connectivity index (χ0v) is 14.8. The first kappa shape index (κ1) is 13.3. The molecular formula is C11H6Br2ClIS. The van der Waals surface area contributed by atoms with E-state index < -0.39 is 0 Å². The van der Waals surface area contributed by atoms with Crippen LogP contribution in [-0.2, 0) is 0 Å². The zero-order chi connectivity index (χ0) is 11.7. The highest BCUT2D eigenvalue weighted by Crippen LogP contribution is 2.39. The van der Waals surface area contributed by atoms with Crippen molar-refractivity contribution < 1.29 is 0 Å². The Hall–Kier alpha value is 0.900. The van der Waals surface area contributed by atoms with Crippen molar-refractivity contribution in [2.45, 2.75) is 4.83 Å². The average Bonchev–Trinajstić information content (AvgIpc) is 2.67. The number of benzene rings is 1. The van der Waals surface area contributed by atoms with Gasteiger partial charge in [0, 0.05) is 13.5 Å². The van der Waals surface area contributed by atoms with Crippen LogP contribution in [0.5, 0.6) is 0 Å². The third-order valence-corrected chi connectivity index (χ3v) is 6.27. The van der Waals surface area contributed by atoms with Crippen molar-refractivity contribution in [1.29, 1.82) is 0 Å². The van der Waals surface area contributed by atoms with Gasteiger partial charge in [-0.1, -0.05) is 27.5 Å². The first-order valence-corrected chi connectivity index (χ1v) is 8.40. The van der Waals surface area contributed by atoms with Gasteiger partial charge in [0.05, 0.1) is 8.61 Å². The standard InChI is InChI=1S/C11H6Br2ClIS/c12-10-4-3-9(16-10)11(13)7-5-6(14)1-2-8(7)15/h1-5,11H. The second kappa shape index (κ2) is 5.69. The van der Waals surface area contributed by atoms with Crippen LogP contribution in [0.25, 0.3) is 0 Å². The summed E-state index contributed by atoms with van der Waals surface area (Å²) in [7, 11) is 0. The van der Waals surface area contributed by atoms with Gasteiger partial charge in [-0.2, -0.15) is 0 Å². The third-order valence-electron chi connectivity index (χ3n) is 2.07. The largest absolute Gasteiger partial charge is 0.132 e. The molecule has 0 spiro atoms. The molecule has 1 aromatic carbocycles. The van der Waals surface area contributed by atoms with E-state index in [0.29, 0.717) is 0 Å². The molecule has 5 heteroatoms. The van der Waals surface area contributed by atoms with Crippen molar-refractivity contribution in [3.05, 3.63) is 53.2 Å². The molecule has 1 aromatic heterocycles. The van der Waals surface area contributed by atoms with Crippen molar-refractivity contribution in [2.75, 3.05) is 0 Å².